The van der Waals surface area contributed by atoms with Crippen molar-refractivity contribution in [1.82, 2.24) is 20.9 Å². The molecular formula is C24H33N4O9P. The van der Waals surface area contributed by atoms with Crippen molar-refractivity contribution in [3.63, 3.8) is 0 Å². The van der Waals surface area contributed by atoms with E-state index in [9.17, 15) is 23.7 Å². The summed E-state index contributed by atoms with van der Waals surface area (Å²) in [6.45, 7) is 3.18. The van der Waals surface area contributed by atoms with Gasteiger partial charge >= 0.3 is 7.82 Å². The van der Waals surface area contributed by atoms with E-state index in [2.05, 4.69) is 25.5 Å². The third-order valence-corrected chi connectivity index (χ3v) is 6.65. The second kappa shape index (κ2) is 12.5. The molecule has 208 valence electrons. The summed E-state index contributed by atoms with van der Waals surface area (Å²) in [5.41, 5.74) is 0.876. The van der Waals surface area contributed by atoms with Crippen LogP contribution in [0.15, 0.2) is 24.3 Å². The second-order valence-electron chi connectivity index (χ2n) is 9.56. The largest absolute Gasteiger partial charge is 0.496 e. The van der Waals surface area contributed by atoms with Crippen LogP contribution in [0.2, 0.25) is 0 Å². The highest BCUT2D eigenvalue weighted by Gasteiger charge is 2.34. The number of H-pyrrole nitrogens is 1. The molecule has 1 aromatic carbocycles. The van der Waals surface area contributed by atoms with Gasteiger partial charge in [0.2, 0.25) is 11.8 Å². The summed E-state index contributed by atoms with van der Waals surface area (Å²) >= 11 is 0. The third kappa shape index (κ3) is 7.87. The van der Waals surface area contributed by atoms with Crippen LogP contribution in [0.4, 0.5) is 0 Å². The summed E-state index contributed by atoms with van der Waals surface area (Å²) in [7, 11) is -3.42. The SMILES string of the molecule is COc1cccc2[nH]c(C(=O)N[C@@H](CC(C)C)C(=O)NC(C[C@@H]3CCNC3=O)C(=O)COP(=O)(O)O)cc12. The Labute approximate surface area is 219 Å². The summed E-state index contributed by atoms with van der Waals surface area (Å²) in [4.78, 5) is 72.1. The standard InChI is InChI=1S/C24H33N4O9P/c1-13(2)9-18(28-24(32)19-11-15-16(26-19)5-4-6-21(15)36-3)23(31)27-17(10-14-7-8-25-22(14)30)20(29)12-37-38(33,34)35/h4-6,11,13-14,17-18,26H,7-10,12H2,1-3H3,(H,25,30)(H,27,31)(H,28,32)(H2,33,34,35)/t14-,17?,18-/m0/s1. The maximum Gasteiger partial charge on any atom is 0.470 e. The van der Waals surface area contributed by atoms with E-state index in [0.29, 0.717) is 29.6 Å². The van der Waals surface area contributed by atoms with E-state index in [0.717, 1.165) is 0 Å². The molecule has 1 aliphatic rings. The molecule has 0 saturated carbocycles. The Morgan fingerprint density at radius 1 is 1.18 bits per heavy atom. The van der Waals surface area contributed by atoms with Crippen molar-refractivity contribution in [2.45, 2.75) is 45.2 Å². The monoisotopic (exact) mass is 552 g/mol. The molecular weight excluding hydrogens is 519 g/mol. The minimum atomic E-state index is -4.93. The van der Waals surface area contributed by atoms with Crippen LogP contribution in [0.1, 0.15) is 43.6 Å². The molecule has 6 N–H and O–H groups in total. The van der Waals surface area contributed by atoms with E-state index in [1.165, 1.54) is 7.11 Å². The zero-order chi connectivity index (χ0) is 28.0. The van der Waals surface area contributed by atoms with Crippen LogP contribution in [0, 0.1) is 11.8 Å². The number of hydrogen-bond donors (Lipinski definition) is 6. The van der Waals surface area contributed by atoms with Crippen LogP contribution in [-0.4, -0.2) is 70.6 Å². The maximum absolute atomic E-state index is 13.3. The topological polar surface area (TPSA) is 196 Å². The van der Waals surface area contributed by atoms with Crippen molar-refractivity contribution in [1.29, 1.82) is 0 Å². The molecule has 1 fully saturated rings. The fourth-order valence-corrected chi connectivity index (χ4v) is 4.61. The van der Waals surface area contributed by atoms with Crippen LogP contribution >= 0.6 is 7.82 Å². The number of ether oxygens (including phenoxy) is 1. The molecule has 0 bridgehead atoms. The van der Waals surface area contributed by atoms with Crippen molar-refractivity contribution >= 4 is 42.2 Å². The molecule has 38 heavy (non-hydrogen) atoms. The predicted molar refractivity (Wildman–Crippen MR) is 136 cm³/mol. The van der Waals surface area contributed by atoms with Crippen molar-refractivity contribution in [2.75, 3.05) is 20.3 Å². The number of amides is 3. The molecule has 0 spiro atoms. The number of nitrogens with one attached hydrogen (secondary N) is 4. The molecule has 1 aliphatic heterocycles. The molecule has 1 aromatic heterocycles. The lowest BCUT2D eigenvalue weighted by molar-refractivity contribution is -0.131. The quantitative estimate of drug-likeness (QED) is 0.197. The van der Waals surface area contributed by atoms with Gasteiger partial charge in [-0.05, 0) is 43.4 Å². The van der Waals surface area contributed by atoms with E-state index < -0.39 is 50.0 Å². The molecule has 2 heterocycles. The highest BCUT2D eigenvalue weighted by atomic mass is 31.2. The number of Topliss-reactive ketones (excluding diaryl/α,β-unsaturated/α-hetero) is 1. The van der Waals surface area contributed by atoms with Gasteiger partial charge in [-0.3, -0.25) is 23.7 Å². The molecule has 0 aliphatic carbocycles. The number of phosphoric acid groups is 1. The van der Waals surface area contributed by atoms with Gasteiger partial charge in [0, 0.05) is 23.4 Å². The Hall–Kier alpha value is -3.25. The summed E-state index contributed by atoms with van der Waals surface area (Å²) in [6, 6.07) is 4.62. The number of rotatable bonds is 13. The van der Waals surface area contributed by atoms with Crippen molar-refractivity contribution < 1.29 is 42.8 Å². The van der Waals surface area contributed by atoms with Gasteiger partial charge in [0.25, 0.3) is 5.91 Å². The van der Waals surface area contributed by atoms with E-state index in [1.807, 2.05) is 13.8 Å². The molecule has 3 atom stereocenters. The third-order valence-electron chi connectivity index (χ3n) is 6.18. The van der Waals surface area contributed by atoms with Crippen molar-refractivity contribution in [3.05, 3.63) is 30.0 Å². The normalized spacial score (nSPS) is 17.2. The Balaban J connectivity index is 1.78. The van der Waals surface area contributed by atoms with Crippen LogP contribution in [0.3, 0.4) is 0 Å². The van der Waals surface area contributed by atoms with Gasteiger partial charge in [0.05, 0.1) is 13.2 Å². The number of aromatic nitrogens is 1. The number of carbonyl (C=O) groups excluding carboxylic acids is 4. The first-order valence-electron chi connectivity index (χ1n) is 12.2. The number of carbonyl (C=O) groups is 4. The van der Waals surface area contributed by atoms with Crippen LogP contribution in [0.25, 0.3) is 10.9 Å². The Morgan fingerprint density at radius 2 is 1.92 bits per heavy atom. The number of fused-ring (bicyclic) bond motifs is 1. The van der Waals surface area contributed by atoms with Crippen LogP contribution in [-0.2, 0) is 23.5 Å². The first-order chi connectivity index (χ1) is 17.9. The van der Waals surface area contributed by atoms with Gasteiger partial charge in [-0.25, -0.2) is 4.57 Å². The smallest absolute Gasteiger partial charge is 0.470 e. The van der Waals surface area contributed by atoms with Crippen LogP contribution < -0.4 is 20.7 Å². The average Bonchev–Trinajstić information content (AvgIpc) is 3.46. The Bertz CT molecular complexity index is 1240. The summed E-state index contributed by atoms with van der Waals surface area (Å²) in [5, 5.41) is 8.60. The molecule has 3 rings (SSSR count). The molecule has 0 radical (unpaired) electrons. The van der Waals surface area contributed by atoms with Gasteiger partial charge in [0.1, 0.15) is 24.1 Å². The maximum atomic E-state index is 13.3. The van der Waals surface area contributed by atoms with Gasteiger partial charge in [-0.2, -0.15) is 0 Å². The van der Waals surface area contributed by atoms with Gasteiger partial charge in [0.15, 0.2) is 5.78 Å². The minimum absolute atomic E-state index is 0.0124. The van der Waals surface area contributed by atoms with Gasteiger partial charge in [-0.15, -0.1) is 0 Å². The molecule has 3 amide bonds. The van der Waals surface area contributed by atoms with Gasteiger partial charge in [-0.1, -0.05) is 19.9 Å². The first kappa shape index (κ1) is 29.3. The lowest BCUT2D eigenvalue weighted by atomic mass is 9.95. The highest BCUT2D eigenvalue weighted by Crippen LogP contribution is 2.35. The lowest BCUT2D eigenvalue weighted by Gasteiger charge is -2.25. The Morgan fingerprint density at radius 3 is 2.53 bits per heavy atom. The molecule has 1 saturated heterocycles. The number of benzene rings is 1. The zero-order valence-corrected chi connectivity index (χ0v) is 22.2. The second-order valence-corrected chi connectivity index (χ2v) is 10.8. The molecule has 2 aromatic rings. The fraction of sp³-hybridized carbons (Fsp3) is 0.500. The zero-order valence-electron chi connectivity index (χ0n) is 21.4. The van der Waals surface area contributed by atoms with Gasteiger partial charge < -0.3 is 35.5 Å². The fourth-order valence-electron chi connectivity index (χ4n) is 4.31. The highest BCUT2D eigenvalue weighted by molar-refractivity contribution is 7.46. The number of aromatic amines is 1. The van der Waals surface area contributed by atoms with E-state index in [4.69, 9.17) is 14.5 Å². The summed E-state index contributed by atoms with van der Waals surface area (Å²) in [5.74, 6) is -2.32. The first-order valence-corrected chi connectivity index (χ1v) is 13.7. The molecule has 14 heteroatoms. The number of methoxy groups -OCH3 is 1. The van der Waals surface area contributed by atoms with Crippen molar-refractivity contribution in [3.8, 4) is 5.75 Å². The van der Waals surface area contributed by atoms with E-state index >= 15 is 0 Å². The Kier molecular flexibility index (Phi) is 9.66. The van der Waals surface area contributed by atoms with Crippen LogP contribution in [0.5, 0.6) is 5.75 Å². The minimum Gasteiger partial charge on any atom is -0.496 e. The van der Waals surface area contributed by atoms with E-state index in [-0.39, 0.29) is 30.4 Å². The summed E-state index contributed by atoms with van der Waals surface area (Å²) < 4.78 is 20.7. The average molecular weight is 553 g/mol. The number of ketones is 1. The number of hydrogen-bond acceptors (Lipinski definition) is 7. The van der Waals surface area contributed by atoms with E-state index in [1.54, 1.807) is 24.3 Å². The van der Waals surface area contributed by atoms with Crippen molar-refractivity contribution in [2.24, 2.45) is 11.8 Å². The molecule has 13 nitrogen and oxygen atoms in total. The molecule has 1 unspecified atom stereocenters. The lowest BCUT2D eigenvalue weighted by Crippen LogP contribution is -2.53. The predicted octanol–water partition coefficient (Wildman–Crippen LogP) is 1.01. The number of phosphoric ester groups is 1. The summed E-state index contributed by atoms with van der Waals surface area (Å²) in [6.07, 6.45) is 0.601.